The molecule has 1 amide bonds. The lowest BCUT2D eigenvalue weighted by Crippen LogP contribution is -2.50. The number of halogens is 4. The zero-order valence-corrected chi connectivity index (χ0v) is 17.0. The normalized spacial score (nSPS) is 27.7. The molecule has 1 heterocycles. The van der Waals surface area contributed by atoms with Gasteiger partial charge in [0.25, 0.3) is 5.92 Å². The minimum Gasteiger partial charge on any atom is -0.331 e. The van der Waals surface area contributed by atoms with Gasteiger partial charge in [-0.1, -0.05) is 61.3 Å². The summed E-state index contributed by atoms with van der Waals surface area (Å²) in [6.45, 7) is -0.790. The van der Waals surface area contributed by atoms with Crippen molar-refractivity contribution in [3.63, 3.8) is 0 Å². The van der Waals surface area contributed by atoms with E-state index in [2.05, 4.69) is 17.5 Å². The van der Waals surface area contributed by atoms with Gasteiger partial charge in [0.05, 0.1) is 12.6 Å². The highest BCUT2D eigenvalue weighted by atomic mass is 32.1. The Morgan fingerprint density at radius 1 is 1.13 bits per heavy atom. The van der Waals surface area contributed by atoms with E-state index >= 15 is 4.39 Å². The first-order valence-electron chi connectivity index (χ1n) is 9.86. The number of likely N-dealkylation sites (tertiary alicyclic amines) is 1. The van der Waals surface area contributed by atoms with Gasteiger partial charge < -0.3 is 4.90 Å². The molecule has 2 aromatic carbocycles. The molecule has 0 bridgehead atoms. The molecule has 2 aliphatic rings. The highest BCUT2D eigenvalue weighted by molar-refractivity contribution is 7.78. The van der Waals surface area contributed by atoms with E-state index in [1.807, 2.05) is 6.07 Å². The van der Waals surface area contributed by atoms with Gasteiger partial charge >= 0.3 is 0 Å². The Morgan fingerprint density at radius 3 is 2.47 bits per heavy atom. The van der Waals surface area contributed by atoms with Gasteiger partial charge in [-0.25, -0.2) is 17.6 Å². The van der Waals surface area contributed by atoms with Gasteiger partial charge in [-0.3, -0.25) is 9.52 Å². The summed E-state index contributed by atoms with van der Waals surface area (Å²) in [5, 5.41) is 0. The van der Waals surface area contributed by atoms with Gasteiger partial charge in [0.1, 0.15) is 18.0 Å². The van der Waals surface area contributed by atoms with Crippen LogP contribution in [0.4, 0.5) is 17.6 Å². The second-order valence-electron chi connectivity index (χ2n) is 8.02. The van der Waals surface area contributed by atoms with Crippen LogP contribution in [0.1, 0.15) is 18.4 Å². The minimum atomic E-state index is -3.23. The van der Waals surface area contributed by atoms with E-state index in [9.17, 15) is 18.0 Å². The van der Waals surface area contributed by atoms with Crippen molar-refractivity contribution in [2.24, 2.45) is 5.92 Å². The van der Waals surface area contributed by atoms with E-state index in [1.165, 1.54) is 6.07 Å². The van der Waals surface area contributed by atoms with Crippen molar-refractivity contribution >= 4 is 18.7 Å². The molecule has 0 radical (unpaired) electrons. The predicted molar refractivity (Wildman–Crippen MR) is 110 cm³/mol. The van der Waals surface area contributed by atoms with E-state index in [1.54, 1.807) is 36.4 Å². The molecule has 30 heavy (non-hydrogen) atoms. The number of rotatable bonds is 5. The number of carbonyl (C=O) groups is 1. The van der Waals surface area contributed by atoms with Crippen LogP contribution in [0, 0.1) is 11.7 Å². The molecule has 0 aromatic heterocycles. The second-order valence-corrected chi connectivity index (χ2v) is 8.27. The fourth-order valence-corrected chi connectivity index (χ4v) is 4.70. The van der Waals surface area contributed by atoms with E-state index < -0.39 is 48.4 Å². The van der Waals surface area contributed by atoms with Gasteiger partial charge in [-0.15, -0.1) is 0 Å². The molecule has 2 aromatic rings. The number of hydrogen-bond acceptors (Lipinski definition) is 3. The summed E-state index contributed by atoms with van der Waals surface area (Å²) in [6, 6.07) is 11.3. The Kier molecular flexibility index (Phi) is 5.81. The fourth-order valence-electron chi connectivity index (χ4n) is 4.34. The number of hydrogen-bond donors (Lipinski definition) is 2. The van der Waals surface area contributed by atoms with Crippen molar-refractivity contribution in [1.82, 2.24) is 9.62 Å². The number of amides is 1. The standard InChI is InChI=1S/C22H22F4N2OS/c23-16-9-15(10-16)21(29)28-12-22(25,26)20(27-30)18(28)11-14-7-4-8-17(19(14)24)13-5-2-1-3-6-13/h1-8,15-16,18,20,27,30H,9-12H2. The largest absolute Gasteiger partial charge is 0.331 e. The number of nitrogens with zero attached hydrogens (tertiary/aromatic N) is 1. The summed E-state index contributed by atoms with van der Waals surface area (Å²) < 4.78 is 60.0. The Balaban J connectivity index is 1.64. The second kappa shape index (κ2) is 8.23. The maximum atomic E-state index is 15.3. The lowest BCUT2D eigenvalue weighted by Gasteiger charge is -2.35. The van der Waals surface area contributed by atoms with Crippen LogP contribution in [0.3, 0.4) is 0 Å². The Hall–Kier alpha value is -2.06. The molecule has 1 N–H and O–H groups in total. The lowest BCUT2D eigenvalue weighted by molar-refractivity contribution is -0.142. The Bertz CT molecular complexity index is 921. The molecule has 3 nitrogen and oxygen atoms in total. The molecule has 4 rings (SSSR count). The minimum absolute atomic E-state index is 0.0461. The maximum absolute atomic E-state index is 15.3. The first-order valence-corrected chi connectivity index (χ1v) is 10.3. The first-order chi connectivity index (χ1) is 14.3. The molecular weight excluding hydrogens is 416 g/mol. The van der Waals surface area contributed by atoms with Crippen molar-refractivity contribution in [2.75, 3.05) is 6.54 Å². The number of nitrogens with one attached hydrogen (secondary N) is 1. The van der Waals surface area contributed by atoms with E-state index in [-0.39, 0.29) is 24.8 Å². The first kappa shape index (κ1) is 21.2. The zero-order valence-electron chi connectivity index (χ0n) is 16.1. The molecule has 8 heteroatoms. The zero-order chi connectivity index (χ0) is 21.5. The topological polar surface area (TPSA) is 32.3 Å². The van der Waals surface area contributed by atoms with Crippen LogP contribution < -0.4 is 4.72 Å². The molecule has 1 saturated carbocycles. The van der Waals surface area contributed by atoms with Gasteiger partial charge in [0.2, 0.25) is 5.91 Å². The third-order valence-electron chi connectivity index (χ3n) is 6.07. The highest BCUT2D eigenvalue weighted by Crippen LogP contribution is 2.39. The summed E-state index contributed by atoms with van der Waals surface area (Å²) >= 11 is 3.85. The molecule has 2 atom stereocenters. The summed E-state index contributed by atoms with van der Waals surface area (Å²) in [5.74, 6) is -4.83. The molecular formula is C22H22F4N2OS. The molecule has 1 aliphatic carbocycles. The van der Waals surface area contributed by atoms with Crippen molar-refractivity contribution in [2.45, 2.75) is 43.4 Å². The van der Waals surface area contributed by atoms with Crippen LogP contribution in [0.5, 0.6) is 0 Å². The van der Waals surface area contributed by atoms with Crippen molar-refractivity contribution < 1.29 is 22.4 Å². The third kappa shape index (κ3) is 3.83. The quantitative estimate of drug-likeness (QED) is 0.535. The Morgan fingerprint density at radius 2 is 1.83 bits per heavy atom. The average Bonchev–Trinajstić information content (AvgIpc) is 2.96. The molecule has 160 valence electrons. The molecule has 0 spiro atoms. The lowest BCUT2D eigenvalue weighted by atomic mass is 9.82. The monoisotopic (exact) mass is 438 g/mol. The van der Waals surface area contributed by atoms with Crippen LogP contribution in [0.2, 0.25) is 0 Å². The van der Waals surface area contributed by atoms with Crippen LogP contribution in [-0.4, -0.2) is 41.5 Å². The molecule has 1 aliphatic heterocycles. The van der Waals surface area contributed by atoms with E-state index in [0.29, 0.717) is 11.1 Å². The SMILES string of the molecule is O=C(C1CC(F)C1)N1CC(F)(F)C(NS)C1Cc1cccc(-c2ccccc2)c1F. The van der Waals surface area contributed by atoms with Crippen LogP contribution in [0.25, 0.3) is 11.1 Å². The van der Waals surface area contributed by atoms with Crippen LogP contribution in [0.15, 0.2) is 48.5 Å². The van der Waals surface area contributed by atoms with E-state index in [0.717, 1.165) is 4.90 Å². The smallest absolute Gasteiger partial charge is 0.283 e. The van der Waals surface area contributed by atoms with Crippen molar-refractivity contribution in [1.29, 1.82) is 0 Å². The predicted octanol–water partition coefficient (Wildman–Crippen LogP) is 4.43. The van der Waals surface area contributed by atoms with Gasteiger partial charge in [0, 0.05) is 11.5 Å². The van der Waals surface area contributed by atoms with Crippen LogP contribution >= 0.6 is 12.8 Å². The molecule has 2 unspecified atom stereocenters. The molecule has 1 saturated heterocycles. The summed E-state index contributed by atoms with van der Waals surface area (Å²) in [7, 11) is 0. The number of carbonyl (C=O) groups excluding carboxylic acids is 1. The molecule has 2 fully saturated rings. The van der Waals surface area contributed by atoms with Gasteiger partial charge in [-0.05, 0) is 30.4 Å². The fraction of sp³-hybridized carbons (Fsp3) is 0.409. The summed E-state index contributed by atoms with van der Waals surface area (Å²) in [5.41, 5.74) is 1.28. The summed E-state index contributed by atoms with van der Waals surface area (Å²) in [6.07, 6.45) is -1.08. The van der Waals surface area contributed by atoms with Gasteiger partial charge in [0.15, 0.2) is 0 Å². The number of alkyl halides is 3. The Labute approximate surface area is 178 Å². The van der Waals surface area contributed by atoms with Crippen molar-refractivity contribution in [3.05, 3.63) is 59.9 Å². The maximum Gasteiger partial charge on any atom is 0.283 e. The number of benzene rings is 2. The average molecular weight is 438 g/mol. The van der Waals surface area contributed by atoms with Crippen LogP contribution in [-0.2, 0) is 11.2 Å². The van der Waals surface area contributed by atoms with Gasteiger partial charge in [-0.2, -0.15) is 0 Å². The summed E-state index contributed by atoms with van der Waals surface area (Å²) in [4.78, 5) is 13.9. The van der Waals surface area contributed by atoms with Crippen molar-refractivity contribution in [3.8, 4) is 11.1 Å². The third-order valence-corrected chi connectivity index (χ3v) is 6.34. The number of thiol groups is 1. The highest BCUT2D eigenvalue weighted by Gasteiger charge is 2.57. The van der Waals surface area contributed by atoms with E-state index in [4.69, 9.17) is 0 Å².